The highest BCUT2D eigenvalue weighted by Gasteiger charge is 2.36. The molecule has 144 valence electrons. The predicted molar refractivity (Wildman–Crippen MR) is 103 cm³/mol. The van der Waals surface area contributed by atoms with Gasteiger partial charge in [-0.2, -0.15) is 0 Å². The number of hydrogen-bond acceptors (Lipinski definition) is 4. The number of amides is 3. The Kier molecular flexibility index (Phi) is 4.86. The van der Waals surface area contributed by atoms with Gasteiger partial charge in [0.15, 0.2) is 0 Å². The zero-order valence-corrected chi connectivity index (χ0v) is 15.7. The van der Waals surface area contributed by atoms with Crippen LogP contribution in [0.1, 0.15) is 51.6 Å². The van der Waals surface area contributed by atoms with E-state index < -0.39 is 0 Å². The number of imide groups is 1. The Bertz CT molecular complexity index is 883. The van der Waals surface area contributed by atoms with Gasteiger partial charge in [0, 0.05) is 13.0 Å². The van der Waals surface area contributed by atoms with Crippen LogP contribution >= 0.6 is 0 Å². The third-order valence-corrected chi connectivity index (χ3v) is 5.33. The van der Waals surface area contributed by atoms with Crippen LogP contribution < -0.4 is 10.1 Å². The van der Waals surface area contributed by atoms with E-state index in [2.05, 4.69) is 5.32 Å². The highest BCUT2D eigenvalue weighted by Crippen LogP contribution is 2.41. The molecule has 1 atom stereocenters. The van der Waals surface area contributed by atoms with E-state index in [9.17, 15) is 14.4 Å². The second kappa shape index (κ2) is 7.46. The Labute approximate surface area is 163 Å². The van der Waals surface area contributed by atoms with E-state index in [0.717, 1.165) is 29.1 Å². The standard InChI is InChI=1S/C22H22N2O4/c1-28-16-10-8-15(9-11-16)20(14-6-7-14)23-19(25)12-13-24-21(26)17-4-2-3-5-18(17)22(24)27/h2-5,8-11,14,20H,6-7,12-13H2,1H3,(H,23,25)/t20-/m0/s1. The summed E-state index contributed by atoms with van der Waals surface area (Å²) in [5.41, 5.74) is 1.85. The van der Waals surface area contributed by atoms with Gasteiger partial charge in [0.1, 0.15) is 5.75 Å². The van der Waals surface area contributed by atoms with Crippen molar-refractivity contribution < 1.29 is 19.1 Å². The maximum absolute atomic E-state index is 12.5. The maximum Gasteiger partial charge on any atom is 0.261 e. The molecule has 1 aliphatic carbocycles. The van der Waals surface area contributed by atoms with Crippen molar-refractivity contribution in [3.8, 4) is 5.75 Å². The summed E-state index contributed by atoms with van der Waals surface area (Å²) >= 11 is 0. The number of hydrogen-bond donors (Lipinski definition) is 1. The number of methoxy groups -OCH3 is 1. The van der Waals surface area contributed by atoms with Crippen molar-refractivity contribution >= 4 is 17.7 Å². The molecule has 1 heterocycles. The van der Waals surface area contributed by atoms with Crippen molar-refractivity contribution in [1.29, 1.82) is 0 Å². The monoisotopic (exact) mass is 378 g/mol. The average molecular weight is 378 g/mol. The molecular weight excluding hydrogens is 356 g/mol. The van der Waals surface area contributed by atoms with Crippen LogP contribution in [0.2, 0.25) is 0 Å². The lowest BCUT2D eigenvalue weighted by atomic mass is 10.0. The van der Waals surface area contributed by atoms with Gasteiger partial charge in [-0.25, -0.2) is 0 Å². The fourth-order valence-corrected chi connectivity index (χ4v) is 3.62. The summed E-state index contributed by atoms with van der Waals surface area (Å²) in [5.74, 6) is 0.376. The van der Waals surface area contributed by atoms with Gasteiger partial charge in [-0.05, 0) is 48.6 Å². The first-order valence-corrected chi connectivity index (χ1v) is 9.47. The minimum atomic E-state index is -0.331. The summed E-state index contributed by atoms with van der Waals surface area (Å²) in [6.07, 6.45) is 2.25. The first-order chi connectivity index (χ1) is 13.6. The second-order valence-corrected chi connectivity index (χ2v) is 7.21. The summed E-state index contributed by atoms with van der Waals surface area (Å²) in [6.45, 7) is 0.0815. The molecule has 4 rings (SSSR count). The summed E-state index contributed by atoms with van der Waals surface area (Å²) in [4.78, 5) is 38.5. The van der Waals surface area contributed by atoms with Gasteiger partial charge in [0.2, 0.25) is 5.91 Å². The number of nitrogens with zero attached hydrogens (tertiary/aromatic N) is 1. The largest absolute Gasteiger partial charge is 0.497 e. The maximum atomic E-state index is 12.5. The predicted octanol–water partition coefficient (Wildman–Crippen LogP) is 2.95. The minimum Gasteiger partial charge on any atom is -0.497 e. The summed E-state index contributed by atoms with van der Waals surface area (Å²) in [5, 5.41) is 3.08. The van der Waals surface area contributed by atoms with Crippen LogP contribution in [0.3, 0.4) is 0 Å². The summed E-state index contributed by atoms with van der Waals surface area (Å²) in [7, 11) is 1.62. The number of carbonyl (C=O) groups excluding carboxylic acids is 3. The minimum absolute atomic E-state index is 0.0550. The van der Waals surface area contributed by atoms with Crippen molar-refractivity contribution in [2.24, 2.45) is 5.92 Å². The van der Waals surface area contributed by atoms with E-state index in [1.165, 1.54) is 0 Å². The molecule has 3 amide bonds. The summed E-state index contributed by atoms with van der Waals surface area (Å²) in [6, 6.07) is 14.4. The Morgan fingerprint density at radius 2 is 1.68 bits per heavy atom. The van der Waals surface area contributed by atoms with Crippen LogP contribution in [0, 0.1) is 5.92 Å². The zero-order valence-electron chi connectivity index (χ0n) is 15.7. The van der Waals surface area contributed by atoms with E-state index in [4.69, 9.17) is 4.74 Å². The number of fused-ring (bicyclic) bond motifs is 1. The molecule has 28 heavy (non-hydrogen) atoms. The normalized spacial score (nSPS) is 16.7. The first kappa shape index (κ1) is 18.2. The SMILES string of the molecule is COc1ccc([C@@H](NC(=O)CCN2C(=O)c3ccccc3C2=O)C2CC2)cc1. The lowest BCUT2D eigenvalue weighted by Crippen LogP contribution is -2.36. The van der Waals surface area contributed by atoms with Crippen LogP contribution in [0.15, 0.2) is 48.5 Å². The third-order valence-electron chi connectivity index (χ3n) is 5.33. The molecule has 1 aliphatic heterocycles. The zero-order chi connectivity index (χ0) is 19.7. The van der Waals surface area contributed by atoms with Gasteiger partial charge in [-0.3, -0.25) is 19.3 Å². The third kappa shape index (κ3) is 3.50. The molecule has 0 radical (unpaired) electrons. The van der Waals surface area contributed by atoms with E-state index in [0.29, 0.717) is 17.0 Å². The molecule has 1 N–H and O–H groups in total. The molecule has 0 spiro atoms. The Morgan fingerprint density at radius 1 is 1.07 bits per heavy atom. The molecule has 2 aromatic rings. The molecule has 0 unspecified atom stereocenters. The molecule has 2 aliphatic rings. The fourth-order valence-electron chi connectivity index (χ4n) is 3.62. The van der Waals surface area contributed by atoms with Crippen molar-refractivity contribution in [3.63, 3.8) is 0 Å². The molecule has 0 bridgehead atoms. The van der Waals surface area contributed by atoms with Crippen LogP contribution in [0.5, 0.6) is 5.75 Å². The lowest BCUT2D eigenvalue weighted by molar-refractivity contribution is -0.122. The average Bonchev–Trinajstić information content (AvgIpc) is 3.53. The number of nitrogens with one attached hydrogen (secondary N) is 1. The van der Waals surface area contributed by atoms with E-state index in [1.807, 2.05) is 24.3 Å². The Morgan fingerprint density at radius 3 is 2.21 bits per heavy atom. The molecule has 2 aromatic carbocycles. The van der Waals surface area contributed by atoms with Crippen LogP contribution in [0.4, 0.5) is 0 Å². The van der Waals surface area contributed by atoms with Crippen molar-refractivity contribution in [1.82, 2.24) is 10.2 Å². The summed E-state index contributed by atoms with van der Waals surface area (Å²) < 4.78 is 5.19. The second-order valence-electron chi connectivity index (χ2n) is 7.21. The smallest absolute Gasteiger partial charge is 0.261 e. The van der Waals surface area contributed by atoms with Crippen LogP contribution in [-0.2, 0) is 4.79 Å². The Hall–Kier alpha value is -3.15. The van der Waals surface area contributed by atoms with Crippen molar-refractivity contribution in [2.75, 3.05) is 13.7 Å². The lowest BCUT2D eigenvalue weighted by Gasteiger charge is -2.20. The molecular formula is C22H22N2O4. The van der Waals surface area contributed by atoms with Gasteiger partial charge in [-0.1, -0.05) is 24.3 Å². The number of carbonyl (C=O) groups is 3. The molecule has 1 saturated carbocycles. The van der Waals surface area contributed by atoms with Gasteiger partial charge in [0.05, 0.1) is 24.3 Å². The quantitative estimate of drug-likeness (QED) is 0.752. The van der Waals surface area contributed by atoms with Crippen LogP contribution in [-0.4, -0.2) is 36.3 Å². The van der Waals surface area contributed by atoms with Gasteiger partial charge < -0.3 is 10.1 Å². The highest BCUT2D eigenvalue weighted by atomic mass is 16.5. The van der Waals surface area contributed by atoms with Gasteiger partial charge >= 0.3 is 0 Å². The molecule has 0 aromatic heterocycles. The molecule has 6 nitrogen and oxygen atoms in total. The number of ether oxygens (including phenoxy) is 1. The van der Waals surface area contributed by atoms with E-state index >= 15 is 0 Å². The fraction of sp³-hybridized carbons (Fsp3) is 0.318. The molecule has 6 heteroatoms. The highest BCUT2D eigenvalue weighted by molar-refractivity contribution is 6.21. The van der Waals surface area contributed by atoms with Crippen molar-refractivity contribution in [2.45, 2.75) is 25.3 Å². The number of benzene rings is 2. The van der Waals surface area contributed by atoms with Gasteiger partial charge in [-0.15, -0.1) is 0 Å². The topological polar surface area (TPSA) is 75.7 Å². The Balaban J connectivity index is 1.38. The number of rotatable bonds is 7. The van der Waals surface area contributed by atoms with E-state index in [-0.39, 0.29) is 36.7 Å². The first-order valence-electron chi connectivity index (χ1n) is 9.47. The molecule has 1 fully saturated rings. The molecule has 0 saturated heterocycles. The van der Waals surface area contributed by atoms with Crippen molar-refractivity contribution in [3.05, 3.63) is 65.2 Å². The van der Waals surface area contributed by atoms with E-state index in [1.54, 1.807) is 31.4 Å². The van der Waals surface area contributed by atoms with Gasteiger partial charge in [0.25, 0.3) is 11.8 Å². The van der Waals surface area contributed by atoms with Crippen LogP contribution in [0.25, 0.3) is 0 Å².